The Labute approximate surface area is 126 Å². The van der Waals surface area contributed by atoms with E-state index in [4.69, 9.17) is 0 Å². The number of hydrogen-bond acceptors (Lipinski definition) is 5. The number of aryl methyl sites for hydroxylation is 1. The number of hydrogen-bond donors (Lipinski definition) is 2. The Balaban J connectivity index is 1.58. The molecule has 0 spiro atoms. The third-order valence-corrected chi connectivity index (χ3v) is 4.34. The van der Waals surface area contributed by atoms with E-state index in [2.05, 4.69) is 51.7 Å². The fraction of sp³-hybridized carbons (Fsp3) is 0.308. The predicted octanol–water partition coefficient (Wildman–Crippen LogP) is 2.11. The summed E-state index contributed by atoms with van der Waals surface area (Å²) in [6, 6.07) is 8.38. The summed E-state index contributed by atoms with van der Waals surface area (Å²) < 4.78 is 0. The van der Waals surface area contributed by atoms with E-state index in [1.54, 1.807) is 11.8 Å². The Bertz CT molecular complexity index is 528. The van der Waals surface area contributed by atoms with Crippen LogP contribution in [-0.2, 0) is 4.79 Å². The molecule has 2 N–H and O–H groups in total. The predicted molar refractivity (Wildman–Crippen MR) is 82.0 cm³/mol. The number of benzene rings is 1. The standard InChI is InChI=1S/C13H16N4OS2/c1-10-2-4-11(5-3-10)19-7-6-14-12(18)8-20-13-15-9-16-17-13/h2-5,9H,6-8H2,1H3,(H,14,18)(H,15,16,17). The van der Waals surface area contributed by atoms with Gasteiger partial charge in [-0.2, -0.15) is 5.10 Å². The van der Waals surface area contributed by atoms with Gasteiger partial charge in [0.25, 0.3) is 0 Å². The quantitative estimate of drug-likeness (QED) is 0.605. The summed E-state index contributed by atoms with van der Waals surface area (Å²) in [5.41, 5.74) is 1.26. The second kappa shape index (κ2) is 7.96. The molecule has 0 bridgehead atoms. The number of aromatic amines is 1. The van der Waals surface area contributed by atoms with Gasteiger partial charge in [-0.05, 0) is 19.1 Å². The minimum Gasteiger partial charge on any atom is -0.355 e. The second-order valence-electron chi connectivity index (χ2n) is 4.09. The van der Waals surface area contributed by atoms with E-state index >= 15 is 0 Å². The van der Waals surface area contributed by atoms with E-state index in [0.29, 0.717) is 17.5 Å². The average Bonchev–Trinajstić information content (AvgIpc) is 2.96. The summed E-state index contributed by atoms with van der Waals surface area (Å²) in [7, 11) is 0. The van der Waals surface area contributed by atoms with Gasteiger partial charge < -0.3 is 5.32 Å². The van der Waals surface area contributed by atoms with Gasteiger partial charge >= 0.3 is 0 Å². The number of amides is 1. The molecule has 0 saturated carbocycles. The molecule has 0 atom stereocenters. The summed E-state index contributed by atoms with van der Waals surface area (Å²) in [4.78, 5) is 16.8. The molecule has 2 aromatic rings. The Hall–Kier alpha value is -1.47. The van der Waals surface area contributed by atoms with Crippen molar-refractivity contribution >= 4 is 29.4 Å². The smallest absolute Gasteiger partial charge is 0.230 e. The molecule has 1 aromatic carbocycles. The molecular formula is C13H16N4OS2. The van der Waals surface area contributed by atoms with Crippen LogP contribution in [0.25, 0.3) is 0 Å². The van der Waals surface area contributed by atoms with E-state index in [1.165, 1.54) is 28.5 Å². The highest BCUT2D eigenvalue weighted by Crippen LogP contribution is 2.17. The Kier molecular flexibility index (Phi) is 5.94. The maximum absolute atomic E-state index is 11.6. The number of H-pyrrole nitrogens is 1. The highest BCUT2D eigenvalue weighted by Gasteiger charge is 2.04. The maximum Gasteiger partial charge on any atom is 0.230 e. The molecule has 0 fully saturated rings. The summed E-state index contributed by atoms with van der Waals surface area (Å²) in [6.45, 7) is 2.73. The van der Waals surface area contributed by atoms with Crippen LogP contribution in [-0.4, -0.2) is 39.1 Å². The molecule has 2 rings (SSSR count). The Morgan fingerprint density at radius 3 is 2.80 bits per heavy atom. The molecule has 1 aromatic heterocycles. The van der Waals surface area contributed by atoms with Gasteiger partial charge in [0.15, 0.2) is 5.16 Å². The third kappa shape index (κ3) is 5.26. The highest BCUT2D eigenvalue weighted by atomic mass is 32.2. The van der Waals surface area contributed by atoms with Crippen LogP contribution in [0.1, 0.15) is 5.56 Å². The fourth-order valence-corrected chi connectivity index (χ4v) is 2.82. The number of nitrogens with zero attached hydrogens (tertiary/aromatic N) is 2. The van der Waals surface area contributed by atoms with Gasteiger partial charge in [-0.3, -0.25) is 9.89 Å². The molecule has 0 aliphatic rings. The number of carbonyl (C=O) groups excluding carboxylic acids is 1. The number of rotatable bonds is 7. The number of aromatic nitrogens is 3. The zero-order chi connectivity index (χ0) is 14.2. The van der Waals surface area contributed by atoms with Crippen LogP contribution in [0.5, 0.6) is 0 Å². The lowest BCUT2D eigenvalue weighted by Gasteiger charge is -2.04. The minimum absolute atomic E-state index is 0.0101. The van der Waals surface area contributed by atoms with Crippen molar-refractivity contribution in [2.24, 2.45) is 0 Å². The van der Waals surface area contributed by atoms with Crippen molar-refractivity contribution in [3.05, 3.63) is 36.2 Å². The monoisotopic (exact) mass is 308 g/mol. The van der Waals surface area contributed by atoms with Gasteiger partial charge in [0, 0.05) is 17.2 Å². The fourth-order valence-electron chi connectivity index (χ4n) is 1.44. The first-order valence-electron chi connectivity index (χ1n) is 6.18. The molecular weight excluding hydrogens is 292 g/mol. The molecule has 1 heterocycles. The lowest BCUT2D eigenvalue weighted by Crippen LogP contribution is -2.27. The van der Waals surface area contributed by atoms with Gasteiger partial charge in [0.05, 0.1) is 5.75 Å². The summed E-state index contributed by atoms with van der Waals surface area (Å²) in [6.07, 6.45) is 1.43. The third-order valence-electron chi connectivity index (χ3n) is 2.45. The molecule has 0 aliphatic carbocycles. The number of thioether (sulfide) groups is 2. The topological polar surface area (TPSA) is 70.7 Å². The van der Waals surface area contributed by atoms with Crippen LogP contribution >= 0.6 is 23.5 Å². The molecule has 0 radical (unpaired) electrons. The summed E-state index contributed by atoms with van der Waals surface area (Å²) >= 11 is 3.08. The number of nitrogens with one attached hydrogen (secondary N) is 2. The average molecular weight is 308 g/mol. The van der Waals surface area contributed by atoms with Gasteiger partial charge in [-0.25, -0.2) is 4.98 Å². The van der Waals surface area contributed by atoms with Crippen molar-refractivity contribution in [1.82, 2.24) is 20.5 Å². The molecule has 0 saturated heterocycles. The van der Waals surface area contributed by atoms with Crippen molar-refractivity contribution in [2.45, 2.75) is 17.0 Å². The van der Waals surface area contributed by atoms with Crippen molar-refractivity contribution < 1.29 is 4.79 Å². The molecule has 20 heavy (non-hydrogen) atoms. The van der Waals surface area contributed by atoms with Gasteiger partial charge in [-0.1, -0.05) is 29.5 Å². The van der Waals surface area contributed by atoms with Gasteiger partial charge in [0.1, 0.15) is 6.33 Å². The van der Waals surface area contributed by atoms with Crippen molar-refractivity contribution in [3.8, 4) is 0 Å². The normalized spacial score (nSPS) is 10.4. The summed E-state index contributed by atoms with van der Waals surface area (Å²) in [5.74, 6) is 1.22. The van der Waals surface area contributed by atoms with E-state index in [1.807, 2.05) is 0 Å². The van der Waals surface area contributed by atoms with Crippen molar-refractivity contribution in [3.63, 3.8) is 0 Å². The van der Waals surface area contributed by atoms with Gasteiger partial charge in [0.2, 0.25) is 5.91 Å². The molecule has 7 heteroatoms. The van der Waals surface area contributed by atoms with E-state index < -0.39 is 0 Å². The SMILES string of the molecule is Cc1ccc(SCCNC(=O)CSc2ncn[nH]2)cc1. The second-order valence-corrected chi connectivity index (χ2v) is 6.22. The van der Waals surface area contributed by atoms with Crippen LogP contribution in [0.15, 0.2) is 40.6 Å². The maximum atomic E-state index is 11.6. The highest BCUT2D eigenvalue weighted by molar-refractivity contribution is 7.99. The zero-order valence-electron chi connectivity index (χ0n) is 11.1. The molecule has 0 aliphatic heterocycles. The first kappa shape index (κ1) is 14.9. The van der Waals surface area contributed by atoms with E-state index in [0.717, 1.165) is 5.75 Å². The largest absolute Gasteiger partial charge is 0.355 e. The van der Waals surface area contributed by atoms with E-state index in [9.17, 15) is 4.79 Å². The van der Waals surface area contributed by atoms with E-state index in [-0.39, 0.29) is 5.91 Å². The van der Waals surface area contributed by atoms with Crippen LogP contribution < -0.4 is 5.32 Å². The summed E-state index contributed by atoms with van der Waals surface area (Å²) in [5, 5.41) is 9.97. The first-order chi connectivity index (χ1) is 9.74. The van der Waals surface area contributed by atoms with Crippen LogP contribution in [0.4, 0.5) is 0 Å². The van der Waals surface area contributed by atoms with Gasteiger partial charge in [-0.15, -0.1) is 11.8 Å². The molecule has 0 unspecified atom stereocenters. The molecule has 1 amide bonds. The lowest BCUT2D eigenvalue weighted by atomic mass is 10.2. The molecule has 5 nitrogen and oxygen atoms in total. The Morgan fingerprint density at radius 2 is 2.10 bits per heavy atom. The van der Waals surface area contributed by atoms with Crippen molar-refractivity contribution in [2.75, 3.05) is 18.1 Å². The number of carbonyl (C=O) groups is 1. The minimum atomic E-state index is 0.0101. The van der Waals surface area contributed by atoms with Crippen LogP contribution in [0.3, 0.4) is 0 Å². The van der Waals surface area contributed by atoms with Crippen LogP contribution in [0, 0.1) is 6.92 Å². The molecule has 106 valence electrons. The lowest BCUT2D eigenvalue weighted by molar-refractivity contribution is -0.118. The zero-order valence-corrected chi connectivity index (χ0v) is 12.8. The first-order valence-corrected chi connectivity index (χ1v) is 8.15. The van der Waals surface area contributed by atoms with Crippen molar-refractivity contribution in [1.29, 1.82) is 0 Å². The van der Waals surface area contributed by atoms with Crippen LogP contribution in [0.2, 0.25) is 0 Å². The Morgan fingerprint density at radius 1 is 1.30 bits per heavy atom.